The van der Waals surface area contributed by atoms with Gasteiger partial charge in [-0.05, 0) is 37.4 Å². The van der Waals surface area contributed by atoms with Gasteiger partial charge in [-0.3, -0.25) is 9.69 Å². The van der Waals surface area contributed by atoms with Crippen molar-refractivity contribution in [2.45, 2.75) is 13.8 Å². The highest BCUT2D eigenvalue weighted by Gasteiger charge is 2.25. The standard InChI is InChI=1S/C20H19ClF3N3OS.ClH/c1-3-26(4-2)7-8-27(19(28)14-6-5-12(22)9-15(14)21)20-25-18-16(24)10-13(23)11-17(18)29-20;/h5-6,9-11H,3-4,7-8H2,1-2H3;1H. The van der Waals surface area contributed by atoms with Crippen LogP contribution >= 0.6 is 35.3 Å². The number of fused-ring (bicyclic) bond motifs is 1. The normalized spacial score (nSPS) is 11.0. The Morgan fingerprint density at radius 1 is 1.07 bits per heavy atom. The molecule has 0 spiro atoms. The summed E-state index contributed by atoms with van der Waals surface area (Å²) >= 11 is 7.08. The molecule has 0 bridgehead atoms. The van der Waals surface area contributed by atoms with Crippen molar-refractivity contribution in [3.63, 3.8) is 0 Å². The van der Waals surface area contributed by atoms with Crippen molar-refractivity contribution in [2.75, 3.05) is 31.1 Å². The van der Waals surface area contributed by atoms with E-state index >= 15 is 0 Å². The maximum absolute atomic E-state index is 14.1. The van der Waals surface area contributed by atoms with Crippen molar-refractivity contribution >= 4 is 56.6 Å². The number of halogens is 5. The molecule has 162 valence electrons. The average Bonchev–Trinajstić information content (AvgIpc) is 3.09. The highest BCUT2D eigenvalue weighted by Crippen LogP contribution is 2.32. The molecule has 4 nitrogen and oxygen atoms in total. The fourth-order valence-corrected chi connectivity index (χ4v) is 4.21. The Kier molecular flexibility index (Phi) is 8.49. The van der Waals surface area contributed by atoms with E-state index in [9.17, 15) is 18.0 Å². The van der Waals surface area contributed by atoms with Crippen LogP contribution in [0.4, 0.5) is 18.3 Å². The summed E-state index contributed by atoms with van der Waals surface area (Å²) in [5, 5.41) is 0.197. The van der Waals surface area contributed by atoms with Crippen LogP contribution in [-0.4, -0.2) is 42.0 Å². The number of hydrogen-bond donors (Lipinski definition) is 0. The second-order valence-corrected chi connectivity index (χ2v) is 7.75. The minimum atomic E-state index is -0.793. The quantitative estimate of drug-likeness (QED) is 0.432. The van der Waals surface area contributed by atoms with Crippen LogP contribution in [0, 0.1) is 17.5 Å². The number of rotatable bonds is 7. The van der Waals surface area contributed by atoms with E-state index in [2.05, 4.69) is 9.88 Å². The van der Waals surface area contributed by atoms with Crippen LogP contribution in [0.3, 0.4) is 0 Å². The van der Waals surface area contributed by atoms with Crippen molar-refractivity contribution < 1.29 is 18.0 Å². The lowest BCUT2D eigenvalue weighted by atomic mass is 10.2. The highest BCUT2D eigenvalue weighted by molar-refractivity contribution is 7.22. The van der Waals surface area contributed by atoms with Gasteiger partial charge in [0.1, 0.15) is 17.2 Å². The van der Waals surface area contributed by atoms with E-state index in [1.807, 2.05) is 13.8 Å². The predicted octanol–water partition coefficient (Wildman–Crippen LogP) is 5.78. The second kappa shape index (κ2) is 10.4. The Morgan fingerprint density at radius 2 is 1.77 bits per heavy atom. The van der Waals surface area contributed by atoms with Crippen LogP contribution in [0.15, 0.2) is 30.3 Å². The summed E-state index contributed by atoms with van der Waals surface area (Å²) in [6.07, 6.45) is 0. The smallest absolute Gasteiger partial charge is 0.261 e. The molecule has 0 saturated heterocycles. The molecule has 0 radical (unpaired) electrons. The van der Waals surface area contributed by atoms with Crippen LogP contribution in [0.2, 0.25) is 5.02 Å². The summed E-state index contributed by atoms with van der Waals surface area (Å²) in [5.74, 6) is -2.55. The third kappa shape index (κ3) is 5.24. The SMILES string of the molecule is CCN(CC)CCN(C(=O)c1ccc(F)cc1Cl)c1nc2c(F)cc(F)cc2s1.Cl. The van der Waals surface area contributed by atoms with Crippen molar-refractivity contribution in [3.8, 4) is 0 Å². The Morgan fingerprint density at radius 3 is 2.40 bits per heavy atom. The van der Waals surface area contributed by atoms with E-state index in [0.717, 1.165) is 42.6 Å². The number of benzene rings is 2. The van der Waals surface area contributed by atoms with Crippen LogP contribution in [0.1, 0.15) is 24.2 Å². The number of likely N-dealkylation sites (N-methyl/N-ethyl adjacent to an activating group) is 1. The molecule has 0 unspecified atom stereocenters. The summed E-state index contributed by atoms with van der Waals surface area (Å²) in [5.41, 5.74) is 0.107. The van der Waals surface area contributed by atoms with Crippen molar-refractivity contribution in [1.29, 1.82) is 0 Å². The second-order valence-electron chi connectivity index (χ2n) is 6.34. The largest absolute Gasteiger partial charge is 0.302 e. The third-order valence-corrected chi connectivity index (χ3v) is 5.91. The molecule has 0 fully saturated rings. The minimum Gasteiger partial charge on any atom is -0.302 e. The number of anilines is 1. The van der Waals surface area contributed by atoms with E-state index in [-0.39, 0.29) is 40.2 Å². The van der Waals surface area contributed by atoms with Gasteiger partial charge in [-0.15, -0.1) is 12.4 Å². The molecular weight excluding hydrogens is 458 g/mol. The van der Waals surface area contributed by atoms with Gasteiger partial charge in [0.15, 0.2) is 10.9 Å². The monoisotopic (exact) mass is 477 g/mol. The number of thiazole rings is 1. The number of carbonyl (C=O) groups excluding carboxylic acids is 1. The zero-order valence-corrected chi connectivity index (χ0v) is 18.7. The minimum absolute atomic E-state index is 0. The lowest BCUT2D eigenvalue weighted by molar-refractivity contribution is 0.0984. The van der Waals surface area contributed by atoms with Crippen LogP contribution in [0.5, 0.6) is 0 Å². The first-order valence-corrected chi connectivity index (χ1v) is 10.3. The van der Waals surface area contributed by atoms with Gasteiger partial charge in [0.25, 0.3) is 5.91 Å². The molecule has 2 aromatic carbocycles. The summed E-state index contributed by atoms with van der Waals surface area (Å²) in [6.45, 7) is 6.39. The van der Waals surface area contributed by atoms with Crippen molar-refractivity contribution in [2.24, 2.45) is 0 Å². The summed E-state index contributed by atoms with van der Waals surface area (Å²) in [7, 11) is 0. The molecule has 30 heavy (non-hydrogen) atoms. The zero-order chi connectivity index (χ0) is 21.1. The van der Waals surface area contributed by atoms with E-state index in [4.69, 9.17) is 11.6 Å². The summed E-state index contributed by atoms with van der Waals surface area (Å²) < 4.78 is 41.4. The number of amides is 1. The Balaban J connectivity index is 0.00000320. The fourth-order valence-electron chi connectivity index (χ4n) is 2.93. The first kappa shape index (κ1) is 24.4. The molecule has 3 aromatic rings. The van der Waals surface area contributed by atoms with Gasteiger partial charge < -0.3 is 4.90 Å². The molecule has 1 aromatic heterocycles. The topological polar surface area (TPSA) is 36.4 Å². The number of aromatic nitrogens is 1. The molecule has 0 N–H and O–H groups in total. The Bertz CT molecular complexity index is 1040. The lowest BCUT2D eigenvalue weighted by Gasteiger charge is -2.25. The first-order valence-electron chi connectivity index (χ1n) is 9.08. The van der Waals surface area contributed by atoms with E-state index < -0.39 is 23.4 Å². The van der Waals surface area contributed by atoms with Gasteiger partial charge in [-0.1, -0.05) is 36.8 Å². The Labute approximate surface area is 187 Å². The first-order chi connectivity index (χ1) is 13.8. The molecule has 0 saturated carbocycles. The molecule has 0 aliphatic heterocycles. The maximum Gasteiger partial charge on any atom is 0.261 e. The van der Waals surface area contributed by atoms with E-state index in [1.165, 1.54) is 17.0 Å². The van der Waals surface area contributed by atoms with E-state index in [0.29, 0.717) is 11.2 Å². The van der Waals surface area contributed by atoms with Crippen LogP contribution in [0.25, 0.3) is 10.2 Å². The number of carbonyl (C=O) groups is 1. The molecule has 0 aliphatic carbocycles. The molecule has 10 heteroatoms. The van der Waals surface area contributed by atoms with Crippen LogP contribution in [-0.2, 0) is 0 Å². The zero-order valence-electron chi connectivity index (χ0n) is 16.3. The van der Waals surface area contributed by atoms with Gasteiger partial charge in [0, 0.05) is 19.2 Å². The molecular formula is C20H20Cl2F3N3OS. The van der Waals surface area contributed by atoms with Crippen molar-refractivity contribution in [3.05, 3.63) is 58.4 Å². The van der Waals surface area contributed by atoms with Gasteiger partial charge in [-0.2, -0.15) is 0 Å². The highest BCUT2D eigenvalue weighted by atomic mass is 35.5. The molecule has 1 amide bonds. The van der Waals surface area contributed by atoms with E-state index in [1.54, 1.807) is 0 Å². The maximum atomic E-state index is 14.1. The number of hydrogen-bond acceptors (Lipinski definition) is 4. The summed E-state index contributed by atoms with van der Waals surface area (Å²) in [4.78, 5) is 20.9. The van der Waals surface area contributed by atoms with Gasteiger partial charge in [0.2, 0.25) is 0 Å². The van der Waals surface area contributed by atoms with Gasteiger partial charge in [0.05, 0.1) is 15.3 Å². The molecule has 1 heterocycles. The number of nitrogens with zero attached hydrogens (tertiary/aromatic N) is 3. The predicted molar refractivity (Wildman–Crippen MR) is 118 cm³/mol. The third-order valence-electron chi connectivity index (χ3n) is 4.57. The lowest BCUT2D eigenvalue weighted by Crippen LogP contribution is -2.39. The van der Waals surface area contributed by atoms with Crippen LogP contribution < -0.4 is 4.90 Å². The molecule has 0 aliphatic rings. The summed E-state index contributed by atoms with van der Waals surface area (Å²) in [6, 6.07) is 5.44. The fraction of sp³-hybridized carbons (Fsp3) is 0.300. The van der Waals surface area contributed by atoms with Crippen molar-refractivity contribution in [1.82, 2.24) is 9.88 Å². The average molecular weight is 478 g/mol. The molecule has 0 atom stereocenters. The van der Waals surface area contributed by atoms with Gasteiger partial charge >= 0.3 is 0 Å². The Hall–Kier alpha value is -1.87. The van der Waals surface area contributed by atoms with Gasteiger partial charge in [-0.25, -0.2) is 18.2 Å². The molecule has 3 rings (SSSR count).